The number of aliphatic hydroxyl groups is 2. The highest BCUT2D eigenvalue weighted by Crippen LogP contribution is 2.19. The first-order chi connectivity index (χ1) is 12.0. The van der Waals surface area contributed by atoms with Gasteiger partial charge in [-0.2, -0.15) is 0 Å². The number of hydrogen-bond donors (Lipinski definition) is 2. The van der Waals surface area contributed by atoms with Crippen LogP contribution in [0.25, 0.3) is 0 Å². The van der Waals surface area contributed by atoms with E-state index in [-0.39, 0.29) is 24.8 Å². The van der Waals surface area contributed by atoms with E-state index in [1.807, 2.05) is 12.5 Å². The Morgan fingerprint density at radius 2 is 1.20 bits per heavy atom. The molecule has 0 heterocycles. The van der Waals surface area contributed by atoms with Crippen molar-refractivity contribution in [3.63, 3.8) is 0 Å². The van der Waals surface area contributed by atoms with Crippen molar-refractivity contribution in [2.24, 2.45) is 0 Å². The normalized spacial score (nSPS) is 13.6. The summed E-state index contributed by atoms with van der Waals surface area (Å²) in [4.78, 5) is 23.2. The van der Waals surface area contributed by atoms with Gasteiger partial charge in [-0.15, -0.1) is 0 Å². The molecule has 0 rings (SSSR count). The number of carbonyl (C=O) groups is 2. The monoisotopic (exact) mass is 430 g/mol. The van der Waals surface area contributed by atoms with E-state index >= 15 is 0 Å². The molecule has 2 N–H and O–H groups in total. The topological polar surface area (TPSA) is 83.8 Å². The third-order valence-electron chi connectivity index (χ3n) is 3.30. The van der Waals surface area contributed by atoms with E-state index in [2.05, 4.69) is 0 Å². The number of ketones is 2. The zero-order chi connectivity index (χ0) is 18.9. The van der Waals surface area contributed by atoms with Gasteiger partial charge < -0.3 is 14.9 Å². The molecule has 0 aromatic carbocycles. The largest absolute Gasteiger partial charge is 0.391 e. The lowest BCUT2D eigenvalue weighted by atomic mass is 10.1. The zero-order valence-corrected chi connectivity index (χ0v) is 18.2. The summed E-state index contributed by atoms with van der Waals surface area (Å²) in [5.41, 5.74) is 0. The van der Waals surface area contributed by atoms with Crippen LogP contribution in [-0.4, -0.2) is 71.2 Å². The maximum absolute atomic E-state index is 11.6. The fourth-order valence-corrected chi connectivity index (χ4v) is 4.34. The molecule has 0 spiro atoms. The number of Topliss-reactive ketones (excluding diaryl/α,β-unsaturated/α-hetero) is 2. The highest BCUT2D eigenvalue weighted by atomic mass is 33.1. The highest BCUT2D eigenvalue weighted by Gasteiger charge is 2.12. The predicted octanol–water partition coefficient (Wildman–Crippen LogP) is 3.23. The van der Waals surface area contributed by atoms with Gasteiger partial charge in [-0.1, -0.05) is 43.2 Å². The second-order valence-electron chi connectivity index (χ2n) is 5.48. The molecule has 0 radical (unpaired) electrons. The van der Waals surface area contributed by atoms with Crippen molar-refractivity contribution in [2.45, 2.75) is 50.7 Å². The number of aliphatic hydroxyl groups excluding tert-OH is 2. The van der Waals surface area contributed by atoms with Gasteiger partial charge in [0.15, 0.2) is 0 Å². The Hall–Kier alpha value is 0.620. The average Bonchev–Trinajstić information content (AvgIpc) is 2.58. The van der Waals surface area contributed by atoms with Crippen LogP contribution in [-0.2, 0) is 14.3 Å². The molecule has 0 aliphatic carbocycles. The van der Waals surface area contributed by atoms with Crippen LogP contribution in [0.1, 0.15) is 38.5 Å². The lowest BCUT2D eigenvalue weighted by Gasteiger charge is -2.14. The van der Waals surface area contributed by atoms with Crippen molar-refractivity contribution >= 4 is 54.7 Å². The molecule has 2 unspecified atom stereocenters. The molecule has 0 fully saturated rings. The molecular formula is C16H30O5S4. The maximum atomic E-state index is 11.6. The van der Waals surface area contributed by atoms with Crippen LogP contribution in [0.2, 0.25) is 0 Å². The van der Waals surface area contributed by atoms with Crippen molar-refractivity contribution in [3.8, 4) is 0 Å². The van der Waals surface area contributed by atoms with Crippen LogP contribution in [0.4, 0.5) is 0 Å². The Kier molecular flexibility index (Phi) is 18.5. The summed E-state index contributed by atoms with van der Waals surface area (Å²) in [6.45, 7) is 0.199. The summed E-state index contributed by atoms with van der Waals surface area (Å²) in [6.07, 6.45) is 5.08. The quantitative estimate of drug-likeness (QED) is 0.251. The van der Waals surface area contributed by atoms with Crippen LogP contribution in [0, 0.1) is 0 Å². The van der Waals surface area contributed by atoms with E-state index < -0.39 is 12.2 Å². The van der Waals surface area contributed by atoms with Gasteiger partial charge in [0, 0.05) is 37.2 Å². The summed E-state index contributed by atoms with van der Waals surface area (Å²) in [7, 11) is 6.59. The molecule has 0 aliphatic heterocycles. The van der Waals surface area contributed by atoms with E-state index in [0.29, 0.717) is 38.5 Å². The van der Waals surface area contributed by atoms with E-state index in [0.717, 1.165) is 11.5 Å². The minimum absolute atomic E-state index is 0.0994. The summed E-state index contributed by atoms with van der Waals surface area (Å²) in [5.74, 6) is 1.90. The van der Waals surface area contributed by atoms with Crippen molar-refractivity contribution in [2.75, 3.05) is 37.2 Å². The van der Waals surface area contributed by atoms with Crippen LogP contribution in [0.5, 0.6) is 0 Å². The molecule has 0 aliphatic rings. The second kappa shape index (κ2) is 18.0. The SMILES string of the molecule is CSSCCC(=O)CCC(O)COCC(O)CCC(=O)CCSSC. The first-order valence-electron chi connectivity index (χ1n) is 8.28. The minimum Gasteiger partial charge on any atom is -0.391 e. The van der Waals surface area contributed by atoms with Gasteiger partial charge >= 0.3 is 0 Å². The highest BCUT2D eigenvalue weighted by molar-refractivity contribution is 8.76. The summed E-state index contributed by atoms with van der Waals surface area (Å²) in [5, 5.41) is 19.6. The van der Waals surface area contributed by atoms with Gasteiger partial charge in [-0.3, -0.25) is 9.59 Å². The molecule has 25 heavy (non-hydrogen) atoms. The van der Waals surface area contributed by atoms with Gasteiger partial charge in [0.05, 0.1) is 25.4 Å². The molecule has 5 nitrogen and oxygen atoms in total. The van der Waals surface area contributed by atoms with Crippen molar-refractivity contribution in [3.05, 3.63) is 0 Å². The van der Waals surface area contributed by atoms with Crippen LogP contribution >= 0.6 is 43.2 Å². The molecule has 9 heteroatoms. The molecule has 0 saturated carbocycles. The van der Waals surface area contributed by atoms with Crippen LogP contribution in [0.3, 0.4) is 0 Å². The van der Waals surface area contributed by atoms with Crippen LogP contribution in [0.15, 0.2) is 0 Å². The molecule has 148 valence electrons. The van der Waals surface area contributed by atoms with Crippen molar-refractivity contribution in [1.82, 2.24) is 0 Å². The Balaban J connectivity index is 3.60. The molecule has 0 amide bonds. The first-order valence-corrected chi connectivity index (χ1v) is 13.7. The van der Waals surface area contributed by atoms with Gasteiger partial charge in [0.25, 0.3) is 0 Å². The molecule has 0 aromatic heterocycles. The average molecular weight is 431 g/mol. The van der Waals surface area contributed by atoms with E-state index in [1.54, 1.807) is 43.2 Å². The Morgan fingerprint density at radius 3 is 1.56 bits per heavy atom. The molecule has 2 atom stereocenters. The third kappa shape index (κ3) is 17.8. The third-order valence-corrected chi connectivity index (χ3v) is 6.92. The second-order valence-corrected chi connectivity index (χ2v) is 10.8. The smallest absolute Gasteiger partial charge is 0.133 e. The van der Waals surface area contributed by atoms with E-state index in [1.165, 1.54) is 0 Å². The summed E-state index contributed by atoms with van der Waals surface area (Å²) < 4.78 is 5.28. The summed E-state index contributed by atoms with van der Waals surface area (Å²) >= 11 is 0. The van der Waals surface area contributed by atoms with Gasteiger partial charge in [-0.25, -0.2) is 0 Å². The first kappa shape index (κ1) is 25.6. The standard InChI is InChI=1S/C16H30O5S4/c1-22-24-9-7-13(17)3-5-15(19)11-21-12-16(20)6-4-14(18)8-10-25-23-2/h15-16,19-20H,3-12H2,1-2H3. The predicted molar refractivity (Wildman–Crippen MR) is 112 cm³/mol. The van der Waals surface area contributed by atoms with Crippen molar-refractivity contribution < 1.29 is 24.5 Å². The lowest BCUT2D eigenvalue weighted by Crippen LogP contribution is -2.22. The molecule has 0 bridgehead atoms. The minimum atomic E-state index is -0.699. The number of carbonyl (C=O) groups excluding carboxylic acids is 2. The van der Waals surface area contributed by atoms with Gasteiger partial charge in [0.1, 0.15) is 11.6 Å². The fraction of sp³-hybridized carbons (Fsp3) is 0.875. The van der Waals surface area contributed by atoms with Gasteiger partial charge in [-0.05, 0) is 25.4 Å². The molecule has 0 aromatic rings. The molecular weight excluding hydrogens is 400 g/mol. The van der Waals surface area contributed by atoms with E-state index in [4.69, 9.17) is 4.74 Å². The fourth-order valence-electron chi connectivity index (χ4n) is 1.89. The van der Waals surface area contributed by atoms with E-state index in [9.17, 15) is 19.8 Å². The molecule has 0 saturated heterocycles. The Bertz CT molecular complexity index is 325. The Morgan fingerprint density at radius 1 is 0.800 bits per heavy atom. The number of rotatable bonds is 18. The number of ether oxygens (including phenoxy) is 1. The maximum Gasteiger partial charge on any atom is 0.133 e. The number of hydrogen-bond acceptors (Lipinski definition) is 9. The summed E-state index contributed by atoms with van der Waals surface area (Å²) in [6, 6.07) is 0. The zero-order valence-electron chi connectivity index (χ0n) is 15.0. The van der Waals surface area contributed by atoms with Crippen LogP contribution < -0.4 is 0 Å². The van der Waals surface area contributed by atoms with Gasteiger partial charge in [0.2, 0.25) is 0 Å². The Labute approximate surface area is 167 Å². The van der Waals surface area contributed by atoms with Crippen molar-refractivity contribution in [1.29, 1.82) is 0 Å². The lowest BCUT2D eigenvalue weighted by molar-refractivity contribution is -0.119.